The van der Waals surface area contributed by atoms with Crippen LogP contribution in [0.3, 0.4) is 0 Å². The van der Waals surface area contributed by atoms with Gasteiger partial charge in [0.2, 0.25) is 0 Å². The summed E-state index contributed by atoms with van der Waals surface area (Å²) < 4.78 is 1.70. The van der Waals surface area contributed by atoms with E-state index in [0.717, 1.165) is 5.56 Å². The molecule has 0 aliphatic heterocycles. The second-order valence-electron chi connectivity index (χ2n) is 3.27. The van der Waals surface area contributed by atoms with Crippen molar-refractivity contribution in [2.75, 3.05) is 7.05 Å². The minimum atomic E-state index is -0.0265. The second kappa shape index (κ2) is 3.11. The van der Waals surface area contributed by atoms with Gasteiger partial charge in [-0.3, -0.25) is 0 Å². The number of nitrogens with one attached hydrogen (secondary N) is 1. The van der Waals surface area contributed by atoms with Crippen LogP contribution in [-0.2, 0) is 5.54 Å². The number of nitrogens with zero attached hydrogens (tertiary/aromatic N) is 2. The van der Waals surface area contributed by atoms with E-state index in [9.17, 15) is 0 Å². The molecule has 0 spiro atoms. The first-order valence-electron chi connectivity index (χ1n) is 3.96. The first-order valence-corrected chi connectivity index (χ1v) is 3.96. The summed E-state index contributed by atoms with van der Waals surface area (Å²) in [5.41, 5.74) is 1.13. The highest BCUT2D eigenvalue weighted by Gasteiger charge is 2.18. The van der Waals surface area contributed by atoms with Gasteiger partial charge < -0.3 is 5.32 Å². The summed E-state index contributed by atoms with van der Waals surface area (Å²) in [5.74, 6) is 0. The minimum absolute atomic E-state index is 0.0265. The average Bonchev–Trinajstić information content (AvgIpc) is 2.52. The Balaban J connectivity index is 2.95. The van der Waals surface area contributed by atoms with Crippen molar-refractivity contribution in [2.24, 2.45) is 0 Å². The highest BCUT2D eigenvalue weighted by atomic mass is 15.2. The van der Waals surface area contributed by atoms with Gasteiger partial charge >= 0.3 is 0 Å². The van der Waals surface area contributed by atoms with Gasteiger partial charge in [0.15, 0.2) is 0 Å². The molecule has 66 valence electrons. The zero-order valence-electron chi connectivity index (χ0n) is 7.83. The summed E-state index contributed by atoms with van der Waals surface area (Å²) >= 11 is 0. The van der Waals surface area contributed by atoms with Crippen molar-refractivity contribution in [3.63, 3.8) is 0 Å². The molecule has 0 saturated heterocycles. The first-order chi connectivity index (χ1) is 5.60. The summed E-state index contributed by atoms with van der Waals surface area (Å²) in [6, 6.07) is 0. The van der Waals surface area contributed by atoms with E-state index >= 15 is 0 Å². The Labute approximate surface area is 73.1 Å². The van der Waals surface area contributed by atoms with Gasteiger partial charge in [-0.1, -0.05) is 6.58 Å². The molecule has 0 aromatic carbocycles. The number of hydrogen-bond acceptors (Lipinski definition) is 2. The monoisotopic (exact) mass is 165 g/mol. The molecule has 0 atom stereocenters. The van der Waals surface area contributed by atoms with Crippen LogP contribution in [0.1, 0.15) is 19.4 Å². The maximum absolute atomic E-state index is 4.11. The van der Waals surface area contributed by atoms with Crippen LogP contribution in [0.5, 0.6) is 0 Å². The first kappa shape index (κ1) is 9.00. The Morgan fingerprint density at radius 2 is 2.33 bits per heavy atom. The number of hydrogen-bond donors (Lipinski definition) is 1. The van der Waals surface area contributed by atoms with E-state index in [1.165, 1.54) is 0 Å². The summed E-state index contributed by atoms with van der Waals surface area (Å²) in [7, 11) is 1.94. The maximum Gasteiger partial charge on any atom is 0.0544 e. The van der Waals surface area contributed by atoms with Gasteiger partial charge in [0.25, 0.3) is 0 Å². The quantitative estimate of drug-likeness (QED) is 0.734. The Hall–Kier alpha value is -1.09. The molecule has 1 rings (SSSR count). The lowest BCUT2D eigenvalue weighted by Crippen LogP contribution is -2.32. The molecular weight excluding hydrogens is 150 g/mol. The smallest absolute Gasteiger partial charge is 0.0544 e. The molecule has 0 amide bonds. The molecule has 0 bridgehead atoms. The Morgan fingerprint density at radius 3 is 2.75 bits per heavy atom. The molecule has 3 nitrogen and oxygen atoms in total. The Kier molecular flexibility index (Phi) is 2.33. The third-order valence-electron chi connectivity index (χ3n) is 2.14. The number of aromatic nitrogens is 2. The molecule has 0 aliphatic carbocycles. The second-order valence-corrected chi connectivity index (χ2v) is 3.27. The predicted molar refractivity (Wildman–Crippen MR) is 50.7 cm³/mol. The molecule has 0 fully saturated rings. The lowest BCUT2D eigenvalue weighted by molar-refractivity contribution is 0.444. The molecule has 12 heavy (non-hydrogen) atoms. The summed E-state index contributed by atoms with van der Waals surface area (Å²) in [5, 5.41) is 7.31. The zero-order valence-corrected chi connectivity index (χ0v) is 7.83. The molecule has 1 aromatic rings. The zero-order chi connectivity index (χ0) is 9.19. The van der Waals surface area contributed by atoms with Crippen molar-refractivity contribution >= 4 is 6.20 Å². The van der Waals surface area contributed by atoms with Gasteiger partial charge in [-0.15, -0.1) is 0 Å². The Bertz CT molecular complexity index is 273. The summed E-state index contributed by atoms with van der Waals surface area (Å²) in [6.07, 6.45) is 5.48. The van der Waals surface area contributed by atoms with Crippen LogP contribution in [0.2, 0.25) is 0 Å². The van der Waals surface area contributed by atoms with E-state index in [0.29, 0.717) is 0 Å². The van der Waals surface area contributed by atoms with Gasteiger partial charge in [0, 0.05) is 23.5 Å². The molecular formula is C9H15N3. The van der Waals surface area contributed by atoms with Crippen molar-refractivity contribution in [1.82, 2.24) is 15.1 Å². The van der Waals surface area contributed by atoms with E-state index in [-0.39, 0.29) is 5.54 Å². The van der Waals surface area contributed by atoms with Gasteiger partial charge in [-0.2, -0.15) is 5.10 Å². The molecule has 1 aromatic heterocycles. The van der Waals surface area contributed by atoms with Crippen molar-refractivity contribution in [1.29, 1.82) is 0 Å². The van der Waals surface area contributed by atoms with Crippen LogP contribution in [0.25, 0.3) is 6.20 Å². The highest BCUT2D eigenvalue weighted by Crippen LogP contribution is 2.17. The fraction of sp³-hybridized carbons (Fsp3) is 0.444. The highest BCUT2D eigenvalue weighted by molar-refractivity contribution is 5.22. The van der Waals surface area contributed by atoms with E-state index in [1.807, 2.05) is 19.4 Å². The molecule has 1 heterocycles. The Morgan fingerprint density at radius 1 is 1.67 bits per heavy atom. The maximum atomic E-state index is 4.11. The normalized spacial score (nSPS) is 11.6. The SMILES string of the molecule is C=Cn1cc(C(C)(C)NC)cn1. The lowest BCUT2D eigenvalue weighted by atomic mass is 9.98. The van der Waals surface area contributed by atoms with Gasteiger partial charge in [-0.25, -0.2) is 4.68 Å². The van der Waals surface area contributed by atoms with E-state index < -0.39 is 0 Å². The van der Waals surface area contributed by atoms with Gasteiger partial charge in [-0.05, 0) is 20.9 Å². The topological polar surface area (TPSA) is 29.9 Å². The largest absolute Gasteiger partial charge is 0.311 e. The fourth-order valence-electron chi connectivity index (χ4n) is 0.905. The minimum Gasteiger partial charge on any atom is -0.311 e. The molecule has 1 N–H and O–H groups in total. The number of rotatable bonds is 3. The van der Waals surface area contributed by atoms with Crippen LogP contribution >= 0.6 is 0 Å². The molecule has 0 unspecified atom stereocenters. The standard InChI is InChI=1S/C9H15N3/c1-5-12-7-8(6-11-12)9(2,3)10-4/h5-7,10H,1H2,2-4H3. The molecule has 0 radical (unpaired) electrons. The van der Waals surface area contributed by atoms with E-state index in [4.69, 9.17) is 0 Å². The van der Waals surface area contributed by atoms with Crippen molar-refractivity contribution < 1.29 is 0 Å². The fourth-order valence-corrected chi connectivity index (χ4v) is 0.905. The van der Waals surface area contributed by atoms with Crippen molar-refractivity contribution in [2.45, 2.75) is 19.4 Å². The third-order valence-corrected chi connectivity index (χ3v) is 2.14. The van der Waals surface area contributed by atoms with Crippen LogP contribution in [0.15, 0.2) is 19.0 Å². The van der Waals surface area contributed by atoms with Gasteiger partial charge in [0.1, 0.15) is 0 Å². The predicted octanol–water partition coefficient (Wildman–Crippen LogP) is 1.44. The van der Waals surface area contributed by atoms with E-state index in [2.05, 4.69) is 30.8 Å². The third kappa shape index (κ3) is 1.56. The van der Waals surface area contributed by atoms with E-state index in [1.54, 1.807) is 10.9 Å². The molecule has 0 aliphatic rings. The van der Waals surface area contributed by atoms with Crippen molar-refractivity contribution in [3.05, 3.63) is 24.5 Å². The molecule has 3 heteroatoms. The molecule has 0 saturated carbocycles. The van der Waals surface area contributed by atoms with Crippen molar-refractivity contribution in [3.8, 4) is 0 Å². The van der Waals surface area contributed by atoms with Crippen LogP contribution in [0.4, 0.5) is 0 Å². The van der Waals surface area contributed by atoms with Crippen LogP contribution in [-0.4, -0.2) is 16.8 Å². The summed E-state index contributed by atoms with van der Waals surface area (Å²) in [4.78, 5) is 0. The lowest BCUT2D eigenvalue weighted by Gasteiger charge is -2.21. The van der Waals surface area contributed by atoms with Crippen LogP contribution in [0, 0.1) is 0 Å². The van der Waals surface area contributed by atoms with Gasteiger partial charge in [0.05, 0.1) is 6.20 Å². The average molecular weight is 165 g/mol. The summed E-state index contributed by atoms with van der Waals surface area (Å²) in [6.45, 7) is 7.85. The van der Waals surface area contributed by atoms with Crippen LogP contribution < -0.4 is 5.32 Å².